The molecule has 1 nitrogen and oxygen atoms in total. The minimum Gasteiger partial charge on any atom is -0.312 e. The highest BCUT2D eigenvalue weighted by atomic mass is 32.1. The van der Waals surface area contributed by atoms with E-state index in [1.807, 2.05) is 17.5 Å². The van der Waals surface area contributed by atoms with Gasteiger partial charge in [0.25, 0.3) is 6.43 Å². The van der Waals surface area contributed by atoms with Crippen LogP contribution in [0, 0.1) is 0 Å². The van der Waals surface area contributed by atoms with Crippen LogP contribution in [0.5, 0.6) is 0 Å². The minimum atomic E-state index is -2.40. The van der Waals surface area contributed by atoms with Gasteiger partial charge in [0.05, 0.1) is 0 Å². The fraction of sp³-hybridized carbons (Fsp3) is 0.286. The van der Waals surface area contributed by atoms with E-state index in [-0.39, 0.29) is 5.56 Å². The summed E-state index contributed by atoms with van der Waals surface area (Å²) in [5.74, 6) is 0. The Morgan fingerprint density at radius 3 is 2.89 bits per heavy atom. The third-order valence-corrected chi connectivity index (χ3v) is 4.12. The normalized spacial score (nSPS) is 14.8. The van der Waals surface area contributed by atoms with Crippen LogP contribution in [0.25, 0.3) is 11.1 Å². The fourth-order valence-corrected chi connectivity index (χ4v) is 3.30. The standard InChI is InChI=1S/C14H13F2NS/c15-14(16)13-8-18-7-12(13)10-3-1-2-9-4-5-17-6-11(9)10/h1-3,7-8,14,17H,4-6H2. The van der Waals surface area contributed by atoms with E-state index in [0.29, 0.717) is 5.56 Å². The molecule has 0 saturated heterocycles. The first kappa shape index (κ1) is 11.8. The minimum absolute atomic E-state index is 0.152. The second-order valence-electron chi connectivity index (χ2n) is 4.41. The molecule has 0 saturated carbocycles. The van der Waals surface area contributed by atoms with Crippen molar-refractivity contribution >= 4 is 11.3 Å². The van der Waals surface area contributed by atoms with Crippen molar-refractivity contribution in [2.24, 2.45) is 0 Å². The van der Waals surface area contributed by atoms with E-state index < -0.39 is 6.43 Å². The molecule has 0 aliphatic carbocycles. The second-order valence-corrected chi connectivity index (χ2v) is 5.16. The van der Waals surface area contributed by atoms with Gasteiger partial charge < -0.3 is 5.32 Å². The van der Waals surface area contributed by atoms with Crippen LogP contribution in [-0.4, -0.2) is 6.54 Å². The molecule has 1 aromatic carbocycles. The Labute approximate surface area is 108 Å². The van der Waals surface area contributed by atoms with Gasteiger partial charge in [0.15, 0.2) is 0 Å². The summed E-state index contributed by atoms with van der Waals surface area (Å²) in [4.78, 5) is 0. The summed E-state index contributed by atoms with van der Waals surface area (Å²) in [6, 6.07) is 6.00. The third kappa shape index (κ3) is 1.95. The molecule has 2 heterocycles. The zero-order chi connectivity index (χ0) is 12.5. The molecule has 18 heavy (non-hydrogen) atoms. The lowest BCUT2D eigenvalue weighted by Crippen LogP contribution is -2.24. The zero-order valence-corrected chi connectivity index (χ0v) is 10.6. The molecule has 4 heteroatoms. The largest absolute Gasteiger partial charge is 0.312 e. The molecule has 0 atom stereocenters. The summed E-state index contributed by atoms with van der Waals surface area (Å²) in [6.45, 7) is 1.73. The van der Waals surface area contributed by atoms with Crippen molar-refractivity contribution in [2.75, 3.05) is 6.54 Å². The lowest BCUT2D eigenvalue weighted by atomic mass is 9.92. The van der Waals surface area contributed by atoms with Gasteiger partial charge >= 0.3 is 0 Å². The Balaban J connectivity index is 2.14. The number of fused-ring (bicyclic) bond motifs is 1. The van der Waals surface area contributed by atoms with Gasteiger partial charge in [0, 0.05) is 23.1 Å². The van der Waals surface area contributed by atoms with E-state index in [0.717, 1.165) is 25.1 Å². The first-order chi connectivity index (χ1) is 8.77. The molecule has 0 bridgehead atoms. The number of benzene rings is 1. The quantitative estimate of drug-likeness (QED) is 0.865. The van der Waals surface area contributed by atoms with Crippen LogP contribution in [0.1, 0.15) is 23.1 Å². The van der Waals surface area contributed by atoms with Gasteiger partial charge in [-0.2, -0.15) is 11.3 Å². The van der Waals surface area contributed by atoms with E-state index in [9.17, 15) is 8.78 Å². The molecular weight excluding hydrogens is 252 g/mol. The van der Waals surface area contributed by atoms with Crippen molar-refractivity contribution in [3.05, 3.63) is 45.6 Å². The van der Waals surface area contributed by atoms with Gasteiger partial charge in [-0.3, -0.25) is 0 Å². The average Bonchev–Trinajstić information content (AvgIpc) is 2.87. The molecule has 0 amide bonds. The highest BCUT2D eigenvalue weighted by Crippen LogP contribution is 2.37. The maximum absolute atomic E-state index is 13.0. The summed E-state index contributed by atoms with van der Waals surface area (Å²) < 4.78 is 25.9. The van der Waals surface area contributed by atoms with Crippen LogP contribution in [-0.2, 0) is 13.0 Å². The van der Waals surface area contributed by atoms with Gasteiger partial charge in [-0.1, -0.05) is 18.2 Å². The predicted octanol–water partition coefficient (Wildman–Crippen LogP) is 4.00. The Hall–Kier alpha value is -1.26. The summed E-state index contributed by atoms with van der Waals surface area (Å²) in [5, 5.41) is 6.68. The molecule has 3 rings (SSSR count). The van der Waals surface area contributed by atoms with E-state index in [4.69, 9.17) is 0 Å². The van der Waals surface area contributed by atoms with Crippen LogP contribution in [0.3, 0.4) is 0 Å². The number of thiophene rings is 1. The molecule has 0 spiro atoms. The Morgan fingerprint density at radius 2 is 2.06 bits per heavy atom. The predicted molar refractivity (Wildman–Crippen MR) is 70.1 cm³/mol. The maximum Gasteiger partial charge on any atom is 0.265 e. The number of hydrogen-bond donors (Lipinski definition) is 1. The van der Waals surface area contributed by atoms with Crippen molar-refractivity contribution in [1.82, 2.24) is 5.32 Å². The molecule has 0 fully saturated rings. The van der Waals surface area contributed by atoms with Crippen LogP contribution in [0.2, 0.25) is 0 Å². The van der Waals surface area contributed by atoms with Crippen molar-refractivity contribution in [1.29, 1.82) is 0 Å². The van der Waals surface area contributed by atoms with Gasteiger partial charge in [0.1, 0.15) is 0 Å². The summed E-state index contributed by atoms with van der Waals surface area (Å²) >= 11 is 1.34. The molecule has 0 unspecified atom stereocenters. The molecule has 1 aromatic heterocycles. The molecule has 1 aliphatic heterocycles. The first-order valence-electron chi connectivity index (χ1n) is 5.93. The zero-order valence-electron chi connectivity index (χ0n) is 9.75. The lowest BCUT2D eigenvalue weighted by molar-refractivity contribution is 0.152. The Kier molecular flexibility index (Phi) is 3.14. The van der Waals surface area contributed by atoms with Crippen LogP contribution in [0.15, 0.2) is 29.0 Å². The number of alkyl halides is 2. The van der Waals surface area contributed by atoms with Crippen molar-refractivity contribution in [3.8, 4) is 11.1 Å². The highest BCUT2D eigenvalue weighted by molar-refractivity contribution is 7.08. The monoisotopic (exact) mass is 265 g/mol. The van der Waals surface area contributed by atoms with E-state index in [1.165, 1.54) is 22.5 Å². The number of hydrogen-bond acceptors (Lipinski definition) is 2. The summed E-state index contributed by atoms with van der Waals surface area (Å²) in [6.07, 6.45) is -1.43. The van der Waals surface area contributed by atoms with Crippen LogP contribution < -0.4 is 5.32 Å². The Morgan fingerprint density at radius 1 is 1.17 bits per heavy atom. The molecule has 2 aromatic rings. The van der Waals surface area contributed by atoms with Crippen molar-refractivity contribution in [2.45, 2.75) is 19.4 Å². The number of halogens is 2. The van der Waals surface area contributed by atoms with Crippen molar-refractivity contribution in [3.63, 3.8) is 0 Å². The molecule has 1 aliphatic rings. The van der Waals surface area contributed by atoms with Crippen LogP contribution in [0.4, 0.5) is 8.78 Å². The smallest absolute Gasteiger partial charge is 0.265 e. The van der Waals surface area contributed by atoms with Gasteiger partial charge in [-0.25, -0.2) is 8.78 Å². The molecule has 0 radical (unpaired) electrons. The fourth-order valence-electron chi connectivity index (χ4n) is 2.46. The van der Waals surface area contributed by atoms with Gasteiger partial charge in [-0.15, -0.1) is 0 Å². The van der Waals surface area contributed by atoms with E-state index >= 15 is 0 Å². The van der Waals surface area contributed by atoms with Crippen LogP contribution >= 0.6 is 11.3 Å². The molecule has 1 N–H and O–H groups in total. The van der Waals surface area contributed by atoms with Crippen molar-refractivity contribution < 1.29 is 8.78 Å². The maximum atomic E-state index is 13.0. The number of rotatable bonds is 2. The van der Waals surface area contributed by atoms with E-state index in [1.54, 1.807) is 5.38 Å². The average molecular weight is 265 g/mol. The summed E-state index contributed by atoms with van der Waals surface area (Å²) in [5.41, 5.74) is 4.24. The Bertz CT molecular complexity index is 563. The van der Waals surface area contributed by atoms with Gasteiger partial charge in [-0.05, 0) is 35.0 Å². The van der Waals surface area contributed by atoms with E-state index in [2.05, 4.69) is 11.4 Å². The SMILES string of the molecule is FC(F)c1cscc1-c1cccc2c1CNCC2. The lowest BCUT2D eigenvalue weighted by Gasteiger charge is -2.20. The summed E-state index contributed by atoms with van der Waals surface area (Å²) in [7, 11) is 0. The molecule has 94 valence electrons. The first-order valence-corrected chi connectivity index (χ1v) is 6.87. The topological polar surface area (TPSA) is 12.0 Å². The highest BCUT2D eigenvalue weighted by Gasteiger charge is 2.19. The van der Waals surface area contributed by atoms with Gasteiger partial charge in [0.2, 0.25) is 0 Å². The number of nitrogens with one attached hydrogen (secondary N) is 1. The third-order valence-electron chi connectivity index (χ3n) is 3.36. The second kappa shape index (κ2) is 4.78. The molecular formula is C14H13F2NS.